The molecule has 2 aromatic carbocycles. The first kappa shape index (κ1) is 17.3. The number of hydrogen-bond acceptors (Lipinski definition) is 3. The highest BCUT2D eigenvalue weighted by Crippen LogP contribution is 2.23. The van der Waals surface area contributed by atoms with Crippen LogP contribution in [0.2, 0.25) is 0 Å². The van der Waals surface area contributed by atoms with Crippen LogP contribution in [0.15, 0.2) is 54.6 Å². The van der Waals surface area contributed by atoms with Crippen molar-refractivity contribution in [3.8, 4) is 5.75 Å². The molecule has 0 spiro atoms. The molecule has 0 saturated carbocycles. The molecule has 0 unspecified atom stereocenters. The minimum absolute atomic E-state index is 0.0614. The number of nitrogens with one attached hydrogen (secondary N) is 1. The van der Waals surface area contributed by atoms with E-state index < -0.39 is 0 Å². The van der Waals surface area contributed by atoms with Gasteiger partial charge in [-0.2, -0.15) is 0 Å². The normalized spacial score (nSPS) is 17.2. The number of benzene rings is 2. The average Bonchev–Trinajstić information content (AvgIpc) is 2.67. The fourth-order valence-electron chi connectivity index (χ4n) is 3.20. The summed E-state index contributed by atoms with van der Waals surface area (Å²) in [6.07, 6.45) is 3.01. The van der Waals surface area contributed by atoms with Gasteiger partial charge in [0.25, 0.3) is 5.91 Å². The maximum atomic E-state index is 13.0. The summed E-state index contributed by atoms with van der Waals surface area (Å²) in [7, 11) is 0. The third-order valence-electron chi connectivity index (χ3n) is 4.43. The Morgan fingerprint density at radius 2 is 1.92 bits per heavy atom. The molecule has 0 bridgehead atoms. The standard InChI is InChI=1S/C21H26N2O2/c1-2-15-25-20-13-7-6-12-19(20)21(24)23-14-8-11-18(16-23)22-17-9-4-3-5-10-17/h3-7,9-10,12-13,18,22H,2,8,11,14-16H2,1H3/t18-/m0/s1. The van der Waals surface area contributed by atoms with E-state index in [1.54, 1.807) is 0 Å². The molecule has 132 valence electrons. The Balaban J connectivity index is 1.68. The highest BCUT2D eigenvalue weighted by molar-refractivity contribution is 5.97. The van der Waals surface area contributed by atoms with Gasteiger partial charge in [-0.1, -0.05) is 37.3 Å². The SMILES string of the molecule is CCCOc1ccccc1C(=O)N1CCC[C@H](Nc2ccccc2)C1. The van der Waals surface area contributed by atoms with E-state index in [2.05, 4.69) is 24.4 Å². The molecule has 1 heterocycles. The minimum atomic E-state index is 0.0614. The lowest BCUT2D eigenvalue weighted by Crippen LogP contribution is -2.45. The Bertz CT molecular complexity index is 687. The van der Waals surface area contributed by atoms with E-state index in [-0.39, 0.29) is 11.9 Å². The lowest BCUT2D eigenvalue weighted by atomic mass is 10.0. The Kier molecular flexibility index (Phi) is 5.94. The second kappa shape index (κ2) is 8.56. The Morgan fingerprint density at radius 3 is 2.72 bits per heavy atom. The number of piperidine rings is 1. The van der Waals surface area contributed by atoms with Crippen LogP contribution in [0.1, 0.15) is 36.5 Å². The summed E-state index contributed by atoms with van der Waals surface area (Å²) < 4.78 is 5.76. The van der Waals surface area contributed by atoms with Gasteiger partial charge in [0.1, 0.15) is 5.75 Å². The molecule has 1 aliphatic rings. The van der Waals surface area contributed by atoms with Crippen LogP contribution in [-0.2, 0) is 0 Å². The molecular weight excluding hydrogens is 312 g/mol. The molecule has 0 aliphatic carbocycles. The number of anilines is 1. The molecule has 4 nitrogen and oxygen atoms in total. The fourth-order valence-corrected chi connectivity index (χ4v) is 3.20. The van der Waals surface area contributed by atoms with Gasteiger partial charge in [0.05, 0.1) is 12.2 Å². The fraction of sp³-hybridized carbons (Fsp3) is 0.381. The van der Waals surface area contributed by atoms with Gasteiger partial charge in [0.15, 0.2) is 0 Å². The van der Waals surface area contributed by atoms with Gasteiger partial charge in [-0.05, 0) is 43.5 Å². The zero-order valence-corrected chi connectivity index (χ0v) is 14.8. The first-order valence-electron chi connectivity index (χ1n) is 9.10. The van der Waals surface area contributed by atoms with E-state index in [0.29, 0.717) is 17.9 Å². The van der Waals surface area contributed by atoms with Crippen LogP contribution in [-0.4, -0.2) is 36.5 Å². The highest BCUT2D eigenvalue weighted by atomic mass is 16.5. The van der Waals surface area contributed by atoms with Gasteiger partial charge in [0.2, 0.25) is 0 Å². The summed E-state index contributed by atoms with van der Waals surface area (Å²) in [4.78, 5) is 14.9. The molecule has 1 aliphatic heterocycles. The lowest BCUT2D eigenvalue weighted by molar-refractivity contribution is 0.0710. The topological polar surface area (TPSA) is 41.6 Å². The first-order valence-corrected chi connectivity index (χ1v) is 9.10. The van der Waals surface area contributed by atoms with E-state index in [9.17, 15) is 4.79 Å². The zero-order chi connectivity index (χ0) is 17.5. The molecule has 1 amide bonds. The summed E-state index contributed by atoms with van der Waals surface area (Å²) in [5.41, 5.74) is 1.77. The molecule has 0 aromatic heterocycles. The largest absolute Gasteiger partial charge is 0.493 e. The van der Waals surface area contributed by atoms with Gasteiger partial charge in [-0.3, -0.25) is 4.79 Å². The monoisotopic (exact) mass is 338 g/mol. The molecule has 25 heavy (non-hydrogen) atoms. The summed E-state index contributed by atoms with van der Waals surface area (Å²) in [5.74, 6) is 0.749. The zero-order valence-electron chi connectivity index (χ0n) is 14.8. The van der Waals surface area contributed by atoms with Crippen molar-refractivity contribution in [3.63, 3.8) is 0 Å². The van der Waals surface area contributed by atoms with Gasteiger partial charge in [-0.15, -0.1) is 0 Å². The van der Waals surface area contributed by atoms with Gasteiger partial charge in [0, 0.05) is 24.8 Å². The lowest BCUT2D eigenvalue weighted by Gasteiger charge is -2.34. The van der Waals surface area contributed by atoms with E-state index in [1.165, 1.54) is 0 Å². The van der Waals surface area contributed by atoms with Gasteiger partial charge >= 0.3 is 0 Å². The number of hydrogen-bond donors (Lipinski definition) is 1. The van der Waals surface area contributed by atoms with Crippen molar-refractivity contribution in [1.82, 2.24) is 4.90 Å². The Morgan fingerprint density at radius 1 is 1.16 bits per heavy atom. The number of nitrogens with zero attached hydrogens (tertiary/aromatic N) is 1. The Hall–Kier alpha value is -2.49. The summed E-state index contributed by atoms with van der Waals surface area (Å²) in [6, 6.07) is 18.0. The molecule has 2 aromatic rings. The number of carbonyl (C=O) groups is 1. The molecule has 3 rings (SSSR count). The number of amides is 1. The number of carbonyl (C=O) groups excluding carboxylic acids is 1. The third-order valence-corrected chi connectivity index (χ3v) is 4.43. The van der Waals surface area contributed by atoms with Gasteiger partial charge in [-0.25, -0.2) is 0 Å². The Labute approximate surface area is 149 Å². The van der Waals surface area contributed by atoms with Crippen LogP contribution in [0, 0.1) is 0 Å². The molecule has 1 fully saturated rings. The molecular formula is C21H26N2O2. The second-order valence-corrected chi connectivity index (χ2v) is 6.45. The van der Waals surface area contributed by atoms with Crippen molar-refractivity contribution in [1.29, 1.82) is 0 Å². The van der Waals surface area contributed by atoms with E-state index in [0.717, 1.165) is 38.0 Å². The van der Waals surface area contributed by atoms with E-state index in [1.807, 2.05) is 47.4 Å². The molecule has 1 N–H and O–H groups in total. The van der Waals surface area contributed by atoms with Crippen molar-refractivity contribution >= 4 is 11.6 Å². The molecule has 0 radical (unpaired) electrons. The number of rotatable bonds is 6. The van der Waals surface area contributed by atoms with Crippen LogP contribution < -0.4 is 10.1 Å². The summed E-state index contributed by atoms with van der Waals surface area (Å²) in [5, 5.41) is 3.54. The summed E-state index contributed by atoms with van der Waals surface area (Å²) >= 11 is 0. The van der Waals surface area contributed by atoms with Crippen molar-refractivity contribution in [2.24, 2.45) is 0 Å². The van der Waals surface area contributed by atoms with Crippen LogP contribution in [0.25, 0.3) is 0 Å². The van der Waals surface area contributed by atoms with Crippen LogP contribution in [0.5, 0.6) is 5.75 Å². The van der Waals surface area contributed by atoms with E-state index >= 15 is 0 Å². The maximum Gasteiger partial charge on any atom is 0.257 e. The smallest absolute Gasteiger partial charge is 0.257 e. The minimum Gasteiger partial charge on any atom is -0.493 e. The third kappa shape index (κ3) is 4.53. The molecule has 1 atom stereocenters. The molecule has 1 saturated heterocycles. The van der Waals surface area contributed by atoms with E-state index in [4.69, 9.17) is 4.74 Å². The first-order chi connectivity index (χ1) is 12.3. The van der Waals surface area contributed by atoms with Crippen LogP contribution >= 0.6 is 0 Å². The average molecular weight is 338 g/mol. The number of ether oxygens (including phenoxy) is 1. The van der Waals surface area contributed by atoms with Crippen LogP contribution in [0.4, 0.5) is 5.69 Å². The molecule has 4 heteroatoms. The maximum absolute atomic E-state index is 13.0. The van der Waals surface area contributed by atoms with Gasteiger partial charge < -0.3 is 15.0 Å². The quantitative estimate of drug-likeness (QED) is 0.858. The number of para-hydroxylation sites is 2. The van der Waals surface area contributed by atoms with Crippen molar-refractivity contribution in [2.45, 2.75) is 32.2 Å². The highest BCUT2D eigenvalue weighted by Gasteiger charge is 2.26. The summed E-state index contributed by atoms with van der Waals surface area (Å²) in [6.45, 7) is 4.21. The second-order valence-electron chi connectivity index (χ2n) is 6.45. The predicted molar refractivity (Wildman–Crippen MR) is 101 cm³/mol. The number of likely N-dealkylation sites (tertiary alicyclic amines) is 1. The van der Waals surface area contributed by atoms with Crippen molar-refractivity contribution in [2.75, 3.05) is 25.0 Å². The predicted octanol–water partition coefficient (Wildman–Crippen LogP) is 4.19. The van der Waals surface area contributed by atoms with Crippen molar-refractivity contribution in [3.05, 3.63) is 60.2 Å². The van der Waals surface area contributed by atoms with Crippen LogP contribution in [0.3, 0.4) is 0 Å². The van der Waals surface area contributed by atoms with Crippen molar-refractivity contribution < 1.29 is 9.53 Å².